The first kappa shape index (κ1) is 17.8. The summed E-state index contributed by atoms with van der Waals surface area (Å²) in [6.07, 6.45) is -0.847. The van der Waals surface area contributed by atoms with Gasteiger partial charge in [0.15, 0.2) is 6.10 Å². The molecule has 0 saturated carbocycles. The maximum atomic E-state index is 12.0. The van der Waals surface area contributed by atoms with Crippen LogP contribution in [0.2, 0.25) is 5.02 Å². The first-order valence-electron chi connectivity index (χ1n) is 6.90. The van der Waals surface area contributed by atoms with Crippen LogP contribution in [0.25, 0.3) is 0 Å². The zero-order valence-corrected chi connectivity index (χ0v) is 14.8. The van der Waals surface area contributed by atoms with Crippen molar-refractivity contribution in [1.82, 2.24) is 0 Å². The largest absolute Gasteiger partial charge is 0.452 e. The van der Waals surface area contributed by atoms with E-state index in [1.165, 1.54) is 16.6 Å². The van der Waals surface area contributed by atoms with E-state index in [1.807, 2.05) is 17.5 Å². The molecule has 1 N–H and O–H groups in total. The molecular formula is C16H16ClNO3S2. The van der Waals surface area contributed by atoms with Gasteiger partial charge >= 0.3 is 5.97 Å². The molecule has 4 nitrogen and oxygen atoms in total. The summed E-state index contributed by atoms with van der Waals surface area (Å²) in [4.78, 5) is 24.9. The smallest absolute Gasteiger partial charge is 0.316 e. The molecule has 2 aromatic rings. The molecule has 1 atom stereocenters. The van der Waals surface area contributed by atoms with Gasteiger partial charge in [0.25, 0.3) is 5.91 Å². The van der Waals surface area contributed by atoms with E-state index < -0.39 is 12.1 Å². The third-order valence-corrected chi connectivity index (χ3v) is 5.10. The second-order valence-corrected chi connectivity index (χ2v) is 7.15. The standard InChI is InChI=1S/C16H16ClNO3S2/c1-11(16(20)18-13-6-4-12(17)5-7-13)21-15(19)10-22-9-14-3-2-8-23-14/h2-8,11H,9-10H2,1H3,(H,18,20)/t11-/m0/s1. The summed E-state index contributed by atoms with van der Waals surface area (Å²) in [5.74, 6) is 0.212. The molecule has 1 aromatic heterocycles. The Morgan fingerprint density at radius 3 is 2.70 bits per heavy atom. The monoisotopic (exact) mass is 369 g/mol. The maximum Gasteiger partial charge on any atom is 0.316 e. The van der Waals surface area contributed by atoms with E-state index >= 15 is 0 Å². The number of esters is 1. The van der Waals surface area contributed by atoms with E-state index in [0.29, 0.717) is 10.7 Å². The van der Waals surface area contributed by atoms with Gasteiger partial charge in [-0.3, -0.25) is 9.59 Å². The van der Waals surface area contributed by atoms with Crippen molar-refractivity contribution >= 4 is 52.3 Å². The minimum atomic E-state index is -0.847. The van der Waals surface area contributed by atoms with E-state index in [2.05, 4.69) is 5.32 Å². The average Bonchev–Trinajstić information content (AvgIpc) is 3.02. The van der Waals surface area contributed by atoms with Gasteiger partial charge in [0.2, 0.25) is 0 Å². The molecule has 1 aromatic carbocycles. The van der Waals surface area contributed by atoms with Crippen molar-refractivity contribution < 1.29 is 14.3 Å². The Morgan fingerprint density at radius 2 is 2.04 bits per heavy atom. The summed E-state index contributed by atoms with van der Waals surface area (Å²) < 4.78 is 5.13. The molecule has 2 rings (SSSR count). The van der Waals surface area contributed by atoms with E-state index in [0.717, 1.165) is 5.75 Å². The highest BCUT2D eigenvalue weighted by atomic mass is 35.5. The predicted molar refractivity (Wildman–Crippen MR) is 96.1 cm³/mol. The van der Waals surface area contributed by atoms with Crippen molar-refractivity contribution in [2.45, 2.75) is 18.8 Å². The number of hydrogen-bond donors (Lipinski definition) is 1. The van der Waals surface area contributed by atoms with Gasteiger partial charge in [-0.25, -0.2) is 0 Å². The Kier molecular flexibility index (Phi) is 6.95. The fraction of sp³-hybridized carbons (Fsp3) is 0.250. The van der Waals surface area contributed by atoms with Crippen molar-refractivity contribution in [3.63, 3.8) is 0 Å². The van der Waals surface area contributed by atoms with Crippen LogP contribution in [0.4, 0.5) is 5.69 Å². The molecule has 1 heterocycles. The number of hydrogen-bond acceptors (Lipinski definition) is 5. The number of thiophene rings is 1. The molecule has 1 amide bonds. The first-order chi connectivity index (χ1) is 11.0. The molecule has 0 aliphatic carbocycles. The average molecular weight is 370 g/mol. The highest BCUT2D eigenvalue weighted by Gasteiger charge is 2.17. The maximum absolute atomic E-state index is 12.0. The summed E-state index contributed by atoms with van der Waals surface area (Å²) in [5.41, 5.74) is 0.606. The van der Waals surface area contributed by atoms with Gasteiger partial charge in [-0.15, -0.1) is 23.1 Å². The van der Waals surface area contributed by atoms with Crippen LogP contribution >= 0.6 is 34.7 Å². The Labute approximate surface area is 148 Å². The highest BCUT2D eigenvalue weighted by Crippen LogP contribution is 2.17. The Bertz CT molecular complexity index is 644. The molecule has 7 heteroatoms. The molecule has 0 radical (unpaired) electrons. The van der Waals surface area contributed by atoms with E-state index in [4.69, 9.17) is 16.3 Å². The number of benzene rings is 1. The van der Waals surface area contributed by atoms with Crippen molar-refractivity contribution in [3.05, 3.63) is 51.7 Å². The zero-order valence-electron chi connectivity index (χ0n) is 12.5. The second kappa shape index (κ2) is 8.96. The Balaban J connectivity index is 1.71. The number of rotatable bonds is 7. The van der Waals surface area contributed by atoms with E-state index in [9.17, 15) is 9.59 Å². The molecule has 0 aliphatic heterocycles. The number of ether oxygens (including phenoxy) is 1. The summed E-state index contributed by atoms with van der Waals surface area (Å²) in [6, 6.07) is 10.7. The van der Waals surface area contributed by atoms with Gasteiger partial charge < -0.3 is 10.1 Å². The topological polar surface area (TPSA) is 55.4 Å². The van der Waals surface area contributed by atoms with Crippen LogP contribution in [0.15, 0.2) is 41.8 Å². The highest BCUT2D eigenvalue weighted by molar-refractivity contribution is 7.99. The van der Waals surface area contributed by atoms with Gasteiger partial charge in [-0.1, -0.05) is 17.7 Å². The number of thioether (sulfide) groups is 1. The minimum Gasteiger partial charge on any atom is -0.452 e. The Hall–Kier alpha value is -1.50. The lowest BCUT2D eigenvalue weighted by atomic mass is 10.3. The van der Waals surface area contributed by atoms with Crippen LogP contribution in [-0.4, -0.2) is 23.7 Å². The van der Waals surface area contributed by atoms with Crippen LogP contribution in [0.3, 0.4) is 0 Å². The first-order valence-corrected chi connectivity index (χ1v) is 9.32. The lowest BCUT2D eigenvalue weighted by Gasteiger charge is -2.13. The van der Waals surface area contributed by atoms with Crippen molar-refractivity contribution in [3.8, 4) is 0 Å². The molecule has 0 unspecified atom stereocenters. The number of anilines is 1. The molecule has 0 saturated heterocycles. The molecule has 23 heavy (non-hydrogen) atoms. The number of nitrogens with one attached hydrogen (secondary N) is 1. The van der Waals surface area contributed by atoms with E-state index in [-0.39, 0.29) is 11.7 Å². The van der Waals surface area contributed by atoms with Crippen LogP contribution in [0.1, 0.15) is 11.8 Å². The normalized spacial score (nSPS) is 11.7. The zero-order chi connectivity index (χ0) is 16.7. The summed E-state index contributed by atoms with van der Waals surface area (Å²) >= 11 is 8.90. The molecule has 0 fully saturated rings. The number of carbonyl (C=O) groups excluding carboxylic acids is 2. The predicted octanol–water partition coefficient (Wildman–Crippen LogP) is 4.21. The van der Waals surface area contributed by atoms with Crippen molar-refractivity contribution in [2.75, 3.05) is 11.1 Å². The molecular weight excluding hydrogens is 354 g/mol. The molecule has 0 aliphatic rings. The Morgan fingerprint density at radius 1 is 1.30 bits per heavy atom. The van der Waals surface area contributed by atoms with Gasteiger partial charge in [0.05, 0.1) is 5.75 Å². The molecule has 0 bridgehead atoms. The molecule has 0 spiro atoms. The summed E-state index contributed by atoms with van der Waals surface area (Å²) in [5, 5.41) is 5.26. The van der Waals surface area contributed by atoms with E-state index in [1.54, 1.807) is 42.5 Å². The SMILES string of the molecule is C[C@H](OC(=O)CSCc1cccs1)C(=O)Nc1ccc(Cl)cc1. The van der Waals surface area contributed by atoms with Gasteiger partial charge in [0, 0.05) is 21.3 Å². The van der Waals surface area contributed by atoms with Crippen LogP contribution in [0, 0.1) is 0 Å². The van der Waals surface area contributed by atoms with Crippen LogP contribution in [-0.2, 0) is 20.1 Å². The number of carbonyl (C=O) groups is 2. The van der Waals surface area contributed by atoms with Gasteiger partial charge in [0.1, 0.15) is 0 Å². The van der Waals surface area contributed by atoms with Crippen LogP contribution < -0.4 is 5.32 Å². The third kappa shape index (κ3) is 6.25. The quantitative estimate of drug-likeness (QED) is 0.743. The minimum absolute atomic E-state index is 0.219. The summed E-state index contributed by atoms with van der Waals surface area (Å²) in [7, 11) is 0. The third-order valence-electron chi connectivity index (χ3n) is 2.83. The van der Waals surface area contributed by atoms with Crippen LogP contribution in [0.5, 0.6) is 0 Å². The van der Waals surface area contributed by atoms with Crippen molar-refractivity contribution in [1.29, 1.82) is 0 Å². The lowest BCUT2D eigenvalue weighted by Crippen LogP contribution is -2.30. The number of amides is 1. The van der Waals surface area contributed by atoms with Crippen molar-refractivity contribution in [2.24, 2.45) is 0 Å². The summed E-state index contributed by atoms with van der Waals surface area (Å²) in [6.45, 7) is 1.55. The fourth-order valence-electron chi connectivity index (χ4n) is 1.69. The molecule has 122 valence electrons. The second-order valence-electron chi connectivity index (χ2n) is 4.70. The fourth-order valence-corrected chi connectivity index (χ4v) is 3.46. The lowest BCUT2D eigenvalue weighted by molar-refractivity contribution is -0.150. The van der Waals surface area contributed by atoms with Gasteiger partial charge in [-0.2, -0.15) is 0 Å². The van der Waals surface area contributed by atoms with Gasteiger partial charge in [-0.05, 0) is 42.6 Å². The number of halogens is 1.